The van der Waals surface area contributed by atoms with Crippen molar-refractivity contribution in [2.24, 2.45) is 0 Å². The van der Waals surface area contributed by atoms with Crippen molar-refractivity contribution in [3.63, 3.8) is 0 Å². The molecule has 0 aliphatic rings. The molecule has 0 aliphatic carbocycles. The molecule has 4 heterocycles. The summed E-state index contributed by atoms with van der Waals surface area (Å²) in [6.45, 7) is 0. The molecule has 9 aromatic carbocycles. The zero-order chi connectivity index (χ0) is 41.4. The minimum absolute atomic E-state index is 0.617. The average molecular weight is 822 g/mol. The van der Waals surface area contributed by atoms with E-state index in [-0.39, 0.29) is 0 Å². The highest BCUT2D eigenvalue weighted by Gasteiger charge is 2.23. The largest absolute Gasteiger partial charge is 0.309 e. The van der Waals surface area contributed by atoms with E-state index in [9.17, 15) is 0 Å². The lowest BCUT2D eigenvalue weighted by molar-refractivity contribution is 1.07. The molecular weight excluding hydrogens is 787 g/mol. The molecule has 294 valence electrons. The maximum Gasteiger partial charge on any atom is 0.166 e. The van der Waals surface area contributed by atoms with Crippen LogP contribution in [0.5, 0.6) is 0 Å². The maximum atomic E-state index is 5.56. The van der Waals surface area contributed by atoms with Crippen LogP contribution in [-0.4, -0.2) is 24.1 Å². The topological polar surface area (TPSA) is 48.5 Å². The first-order chi connectivity index (χ1) is 31.3. The van der Waals surface area contributed by atoms with Gasteiger partial charge in [-0.05, 0) is 59.7 Å². The third-order valence-electron chi connectivity index (χ3n) is 12.4. The van der Waals surface area contributed by atoms with Crippen LogP contribution in [0.15, 0.2) is 212 Å². The van der Waals surface area contributed by atoms with Gasteiger partial charge in [-0.15, -0.1) is 11.3 Å². The maximum absolute atomic E-state index is 5.56. The molecule has 0 bridgehead atoms. The molecule has 0 aliphatic heterocycles. The Balaban J connectivity index is 1.15. The predicted molar refractivity (Wildman–Crippen MR) is 263 cm³/mol. The van der Waals surface area contributed by atoms with Crippen LogP contribution in [0.25, 0.3) is 120 Å². The van der Waals surface area contributed by atoms with Gasteiger partial charge >= 0.3 is 0 Å². The number of fused-ring (bicyclic) bond motifs is 9. The Morgan fingerprint density at radius 2 is 0.778 bits per heavy atom. The van der Waals surface area contributed by atoms with Gasteiger partial charge < -0.3 is 9.13 Å². The van der Waals surface area contributed by atoms with Crippen LogP contribution in [0.1, 0.15) is 0 Å². The summed E-state index contributed by atoms with van der Waals surface area (Å²) >= 11 is 1.81. The van der Waals surface area contributed by atoms with Gasteiger partial charge in [0.15, 0.2) is 17.5 Å². The smallest absolute Gasteiger partial charge is 0.166 e. The van der Waals surface area contributed by atoms with Crippen molar-refractivity contribution < 1.29 is 0 Å². The van der Waals surface area contributed by atoms with Crippen LogP contribution in [0.2, 0.25) is 0 Å². The number of hydrogen-bond acceptors (Lipinski definition) is 4. The van der Waals surface area contributed by atoms with E-state index < -0.39 is 0 Å². The molecule has 0 N–H and O–H groups in total. The van der Waals surface area contributed by atoms with Crippen molar-refractivity contribution in [2.75, 3.05) is 0 Å². The van der Waals surface area contributed by atoms with Crippen LogP contribution < -0.4 is 0 Å². The molecule has 0 unspecified atom stereocenters. The first-order valence-corrected chi connectivity index (χ1v) is 22.0. The van der Waals surface area contributed by atoms with Gasteiger partial charge in [-0.1, -0.05) is 164 Å². The van der Waals surface area contributed by atoms with E-state index in [1.54, 1.807) is 0 Å². The minimum atomic E-state index is 0.617. The molecule has 0 spiro atoms. The summed E-state index contributed by atoms with van der Waals surface area (Å²) in [5.74, 6) is 1.86. The summed E-state index contributed by atoms with van der Waals surface area (Å²) in [4.78, 5) is 16.3. The van der Waals surface area contributed by atoms with Crippen LogP contribution >= 0.6 is 11.3 Å². The lowest BCUT2D eigenvalue weighted by Crippen LogP contribution is -2.03. The fraction of sp³-hybridized carbons (Fsp3) is 0. The summed E-state index contributed by atoms with van der Waals surface area (Å²) in [6.07, 6.45) is 0. The van der Waals surface area contributed by atoms with Crippen LogP contribution in [-0.2, 0) is 0 Å². The van der Waals surface area contributed by atoms with Crippen LogP contribution in [0, 0.1) is 0 Å². The standard InChI is InChI=1S/C57H35N5S/c1-4-18-36(19-5-1)40-27-16-29-45-47-34-39(61-49-31-13-10-24-41(49)42-25-11-14-32-50(42)61)35-48(54(47)63-53(40)45)57-59-55(37-20-6-2-7-21-37)58-56(60-57)46-30-17-28-44-43-26-12-15-33-51(43)62(52(44)46)38-22-8-3-9-23-38/h1-35H. The number of hydrogen-bond donors (Lipinski definition) is 0. The number of nitrogens with zero attached hydrogens (tertiary/aromatic N) is 5. The molecule has 6 heteroatoms. The second-order valence-electron chi connectivity index (χ2n) is 16.0. The Kier molecular flexibility index (Phi) is 8.01. The average Bonchev–Trinajstić information content (AvgIpc) is 4.02. The zero-order valence-electron chi connectivity index (χ0n) is 33.9. The van der Waals surface area contributed by atoms with Crippen LogP contribution in [0.4, 0.5) is 0 Å². The van der Waals surface area contributed by atoms with E-state index in [0.29, 0.717) is 17.5 Å². The minimum Gasteiger partial charge on any atom is -0.309 e. The molecule has 5 nitrogen and oxygen atoms in total. The highest BCUT2D eigenvalue weighted by molar-refractivity contribution is 7.26. The van der Waals surface area contributed by atoms with Gasteiger partial charge in [-0.2, -0.15) is 0 Å². The van der Waals surface area contributed by atoms with Gasteiger partial charge in [0.25, 0.3) is 0 Å². The molecule has 0 radical (unpaired) electrons. The first kappa shape index (κ1) is 35.6. The third kappa shape index (κ3) is 5.59. The number of thiophene rings is 1. The Hall–Kier alpha value is -8.19. The quantitative estimate of drug-likeness (QED) is 0.168. The van der Waals surface area contributed by atoms with E-state index in [2.05, 4.69) is 203 Å². The van der Waals surface area contributed by atoms with Gasteiger partial charge in [0.05, 0.1) is 22.1 Å². The van der Waals surface area contributed by atoms with Crippen molar-refractivity contribution in [3.05, 3.63) is 212 Å². The molecule has 0 saturated heterocycles. The molecule has 0 fully saturated rings. The zero-order valence-corrected chi connectivity index (χ0v) is 34.7. The van der Waals surface area contributed by atoms with E-state index in [1.165, 1.54) is 37.4 Å². The fourth-order valence-electron chi connectivity index (χ4n) is 9.60. The van der Waals surface area contributed by atoms with Gasteiger partial charge in [0, 0.05) is 69.8 Å². The van der Waals surface area contributed by atoms with Crippen LogP contribution in [0.3, 0.4) is 0 Å². The van der Waals surface area contributed by atoms with Crippen molar-refractivity contribution in [1.82, 2.24) is 24.1 Å². The van der Waals surface area contributed by atoms with Gasteiger partial charge in [-0.3, -0.25) is 0 Å². The van der Waals surface area contributed by atoms with E-state index in [0.717, 1.165) is 65.6 Å². The molecule has 13 rings (SSSR count). The molecular formula is C57H35N5S. The Labute approximate surface area is 366 Å². The summed E-state index contributed by atoms with van der Waals surface area (Å²) in [7, 11) is 0. The monoisotopic (exact) mass is 821 g/mol. The van der Waals surface area contributed by atoms with E-state index in [4.69, 9.17) is 15.0 Å². The van der Waals surface area contributed by atoms with Crippen molar-refractivity contribution in [3.8, 4) is 56.7 Å². The summed E-state index contributed by atoms with van der Waals surface area (Å²) < 4.78 is 7.11. The van der Waals surface area contributed by atoms with E-state index in [1.807, 2.05) is 29.5 Å². The summed E-state index contributed by atoms with van der Waals surface area (Å²) in [5.41, 5.74) is 11.8. The number of aromatic nitrogens is 5. The molecule has 0 saturated carbocycles. The molecule has 0 atom stereocenters. The second kappa shape index (κ2) is 14.2. The first-order valence-electron chi connectivity index (χ1n) is 21.2. The van der Waals surface area contributed by atoms with Crippen molar-refractivity contribution in [2.45, 2.75) is 0 Å². The second-order valence-corrected chi connectivity index (χ2v) is 17.0. The number of rotatable bonds is 6. The normalized spacial score (nSPS) is 11.8. The lowest BCUT2D eigenvalue weighted by Gasteiger charge is -2.14. The molecule has 63 heavy (non-hydrogen) atoms. The van der Waals surface area contributed by atoms with E-state index >= 15 is 0 Å². The van der Waals surface area contributed by atoms with Gasteiger partial charge in [0.1, 0.15) is 0 Å². The highest BCUT2D eigenvalue weighted by atomic mass is 32.1. The molecule has 4 aromatic heterocycles. The van der Waals surface area contributed by atoms with Crippen molar-refractivity contribution in [1.29, 1.82) is 0 Å². The van der Waals surface area contributed by atoms with Gasteiger partial charge in [0.2, 0.25) is 0 Å². The predicted octanol–water partition coefficient (Wildman–Crippen LogP) is 15.1. The third-order valence-corrected chi connectivity index (χ3v) is 13.7. The Morgan fingerprint density at radius 3 is 1.44 bits per heavy atom. The Bertz CT molecular complexity index is 3850. The van der Waals surface area contributed by atoms with Gasteiger partial charge in [-0.25, -0.2) is 15.0 Å². The summed E-state index contributed by atoms with van der Waals surface area (Å²) in [6, 6.07) is 75.4. The highest BCUT2D eigenvalue weighted by Crippen LogP contribution is 2.46. The lowest BCUT2D eigenvalue weighted by atomic mass is 10.0. The SMILES string of the molecule is c1ccc(-c2nc(-c3cc(-n4c5ccccc5c5ccccc54)cc4c3sc3c(-c5ccccc5)cccc34)nc(-c3cccc4c5ccccc5n(-c5ccccc5)c34)n2)cc1. The number of para-hydroxylation sites is 5. The molecule has 0 amide bonds. The Morgan fingerprint density at radius 1 is 0.302 bits per heavy atom. The fourth-order valence-corrected chi connectivity index (χ4v) is 10.9. The summed E-state index contributed by atoms with van der Waals surface area (Å²) in [5, 5.41) is 7.12. The van der Waals surface area contributed by atoms with Crippen molar-refractivity contribution >= 4 is 75.1 Å². The number of benzene rings is 9. The molecule has 13 aromatic rings.